The molecule has 3 amide bonds. The zero-order chi connectivity index (χ0) is 23.3. The van der Waals surface area contributed by atoms with E-state index in [4.69, 9.17) is 0 Å². The normalized spacial score (nSPS) is 10.6. The molecule has 3 aromatic carbocycles. The molecule has 34 heavy (non-hydrogen) atoms. The summed E-state index contributed by atoms with van der Waals surface area (Å²) < 4.78 is 1.01. The Labute approximate surface area is 198 Å². The van der Waals surface area contributed by atoms with Crippen molar-refractivity contribution in [2.45, 2.75) is 0 Å². The molecule has 0 fully saturated rings. The van der Waals surface area contributed by atoms with Crippen molar-refractivity contribution in [3.63, 3.8) is 0 Å². The first-order valence-corrected chi connectivity index (χ1v) is 11.2. The maximum Gasteiger partial charge on any atom is 0.323 e. The first-order valence-electron chi connectivity index (χ1n) is 10.4. The summed E-state index contributed by atoms with van der Waals surface area (Å²) in [5.74, 6) is -0.398. The van der Waals surface area contributed by atoms with E-state index < -0.39 is 5.91 Å². The number of carbonyl (C=O) groups is 2. The predicted octanol–water partition coefficient (Wildman–Crippen LogP) is 5.65. The number of hydrogen-bond acceptors (Lipinski definition) is 6. The van der Waals surface area contributed by atoms with Gasteiger partial charge in [-0.3, -0.25) is 4.79 Å². The van der Waals surface area contributed by atoms with E-state index in [9.17, 15) is 9.59 Å². The molecule has 0 radical (unpaired) electrons. The molecule has 0 atom stereocenters. The topological polar surface area (TPSA) is 109 Å². The van der Waals surface area contributed by atoms with E-state index in [-0.39, 0.29) is 11.7 Å². The van der Waals surface area contributed by atoms with E-state index in [0.29, 0.717) is 27.8 Å². The van der Waals surface area contributed by atoms with Crippen molar-refractivity contribution in [3.8, 4) is 10.7 Å². The number of aromatic nitrogens is 3. The van der Waals surface area contributed by atoms with Gasteiger partial charge < -0.3 is 16.0 Å². The highest BCUT2D eigenvalue weighted by molar-refractivity contribution is 7.21. The van der Waals surface area contributed by atoms with Gasteiger partial charge in [0.15, 0.2) is 5.69 Å². The standard InChI is InChI=1S/C25H18N6O2S/c32-23(21-22(27-15-14-26-21)24-31-19-8-4-5-9-20(19)34-24)28-17-10-12-18(13-11-17)30-25(33)29-16-6-2-1-3-7-16/h1-15H,(H,28,32)(H2,29,30,33). The van der Waals surface area contributed by atoms with Crippen molar-refractivity contribution in [1.29, 1.82) is 0 Å². The third-order valence-corrected chi connectivity index (χ3v) is 5.89. The largest absolute Gasteiger partial charge is 0.323 e. The van der Waals surface area contributed by atoms with Crippen LogP contribution in [0.5, 0.6) is 0 Å². The second kappa shape index (κ2) is 9.47. The molecule has 0 unspecified atom stereocenters. The Morgan fingerprint density at radius 3 is 2.03 bits per heavy atom. The van der Waals surface area contributed by atoms with Gasteiger partial charge in [0.2, 0.25) is 0 Å². The number of fused-ring (bicyclic) bond motifs is 1. The average molecular weight is 467 g/mol. The molecule has 5 aromatic rings. The molecule has 0 aliphatic rings. The summed E-state index contributed by atoms with van der Waals surface area (Å²) in [4.78, 5) is 38.3. The maximum absolute atomic E-state index is 13.0. The number of nitrogens with one attached hydrogen (secondary N) is 3. The molecule has 0 aliphatic heterocycles. The molecule has 2 aromatic heterocycles. The van der Waals surface area contributed by atoms with Gasteiger partial charge in [-0.15, -0.1) is 11.3 Å². The third kappa shape index (κ3) is 4.74. The molecular formula is C25H18N6O2S. The minimum absolute atomic E-state index is 0.186. The van der Waals surface area contributed by atoms with Crippen LogP contribution in [0.25, 0.3) is 20.9 Å². The van der Waals surface area contributed by atoms with Crippen LogP contribution in [0, 0.1) is 0 Å². The first kappa shape index (κ1) is 21.2. The van der Waals surface area contributed by atoms with Crippen LogP contribution in [0.2, 0.25) is 0 Å². The summed E-state index contributed by atoms with van der Waals surface area (Å²) >= 11 is 1.46. The van der Waals surface area contributed by atoms with Gasteiger partial charge >= 0.3 is 6.03 Å². The minimum atomic E-state index is -0.398. The molecule has 5 rings (SSSR count). The molecule has 0 saturated heterocycles. The molecule has 0 aliphatic carbocycles. The molecule has 0 bridgehead atoms. The van der Waals surface area contributed by atoms with Crippen LogP contribution in [0.4, 0.5) is 21.9 Å². The zero-order valence-corrected chi connectivity index (χ0v) is 18.5. The lowest BCUT2D eigenvalue weighted by atomic mass is 10.2. The Hall–Kier alpha value is -4.63. The highest BCUT2D eigenvalue weighted by Crippen LogP contribution is 2.30. The Morgan fingerprint density at radius 2 is 1.29 bits per heavy atom. The van der Waals surface area contributed by atoms with Crippen molar-refractivity contribution in [1.82, 2.24) is 15.0 Å². The van der Waals surface area contributed by atoms with Gasteiger partial charge in [0.05, 0.1) is 10.2 Å². The number of nitrogens with zero attached hydrogens (tertiary/aromatic N) is 3. The van der Waals surface area contributed by atoms with E-state index in [1.165, 1.54) is 17.5 Å². The van der Waals surface area contributed by atoms with Gasteiger partial charge in [0.25, 0.3) is 5.91 Å². The lowest BCUT2D eigenvalue weighted by Crippen LogP contribution is -2.19. The number of thiazole rings is 1. The van der Waals surface area contributed by atoms with E-state index >= 15 is 0 Å². The van der Waals surface area contributed by atoms with Crippen molar-refractivity contribution in [3.05, 3.63) is 97.0 Å². The van der Waals surface area contributed by atoms with Crippen molar-refractivity contribution in [2.24, 2.45) is 0 Å². The summed E-state index contributed by atoms with van der Waals surface area (Å²) in [6, 6.07) is 23.3. The highest BCUT2D eigenvalue weighted by atomic mass is 32.1. The molecule has 8 nitrogen and oxygen atoms in total. The summed E-state index contributed by atoms with van der Waals surface area (Å²) in [5.41, 5.74) is 3.29. The Morgan fingerprint density at radius 1 is 0.676 bits per heavy atom. The molecule has 0 spiro atoms. The van der Waals surface area contributed by atoms with E-state index in [1.54, 1.807) is 42.6 Å². The lowest BCUT2D eigenvalue weighted by Gasteiger charge is -2.10. The van der Waals surface area contributed by atoms with Crippen LogP contribution in [0.15, 0.2) is 91.3 Å². The van der Waals surface area contributed by atoms with Gasteiger partial charge in [-0.2, -0.15) is 0 Å². The first-order chi connectivity index (χ1) is 16.7. The monoisotopic (exact) mass is 466 g/mol. The lowest BCUT2D eigenvalue weighted by molar-refractivity contribution is 0.102. The Kier molecular flexibility index (Phi) is 5.91. The van der Waals surface area contributed by atoms with Gasteiger partial charge in [0, 0.05) is 29.5 Å². The Balaban J connectivity index is 1.28. The van der Waals surface area contributed by atoms with Crippen LogP contribution in [-0.4, -0.2) is 26.9 Å². The van der Waals surface area contributed by atoms with Gasteiger partial charge in [-0.1, -0.05) is 30.3 Å². The molecule has 0 saturated carbocycles. The highest BCUT2D eigenvalue weighted by Gasteiger charge is 2.19. The van der Waals surface area contributed by atoms with Crippen LogP contribution < -0.4 is 16.0 Å². The molecule has 9 heteroatoms. The molecule has 2 heterocycles. The fourth-order valence-electron chi connectivity index (χ4n) is 3.28. The average Bonchev–Trinajstić information content (AvgIpc) is 3.30. The number of anilines is 3. The van der Waals surface area contributed by atoms with Gasteiger partial charge in [-0.25, -0.2) is 19.7 Å². The van der Waals surface area contributed by atoms with E-state index in [2.05, 4.69) is 30.9 Å². The number of hydrogen-bond donors (Lipinski definition) is 3. The molecular weight excluding hydrogens is 448 g/mol. The van der Waals surface area contributed by atoms with Crippen LogP contribution in [-0.2, 0) is 0 Å². The van der Waals surface area contributed by atoms with Crippen LogP contribution in [0.1, 0.15) is 10.5 Å². The quantitative estimate of drug-likeness (QED) is 0.310. The molecule has 166 valence electrons. The second-order valence-corrected chi connectivity index (χ2v) is 8.25. The summed E-state index contributed by atoms with van der Waals surface area (Å²) in [7, 11) is 0. The summed E-state index contributed by atoms with van der Waals surface area (Å²) in [6.45, 7) is 0. The summed E-state index contributed by atoms with van der Waals surface area (Å²) in [5, 5.41) is 8.96. The van der Waals surface area contributed by atoms with Crippen LogP contribution >= 0.6 is 11.3 Å². The van der Waals surface area contributed by atoms with E-state index in [1.807, 2.05) is 42.5 Å². The van der Waals surface area contributed by atoms with Crippen molar-refractivity contribution >= 4 is 50.6 Å². The number of amides is 3. The smallest absolute Gasteiger partial charge is 0.321 e. The third-order valence-electron chi connectivity index (χ3n) is 4.84. The predicted molar refractivity (Wildman–Crippen MR) is 134 cm³/mol. The van der Waals surface area contributed by atoms with Crippen molar-refractivity contribution in [2.75, 3.05) is 16.0 Å². The number of rotatable bonds is 5. The Bertz CT molecular complexity index is 1440. The summed E-state index contributed by atoms with van der Waals surface area (Å²) in [6.07, 6.45) is 3.02. The fraction of sp³-hybridized carbons (Fsp3) is 0. The number of carbonyl (C=O) groups excluding carboxylic acids is 2. The number of para-hydroxylation sites is 2. The zero-order valence-electron chi connectivity index (χ0n) is 17.7. The SMILES string of the molecule is O=C(Nc1ccccc1)Nc1ccc(NC(=O)c2nccnc2-c2nc3ccccc3s2)cc1. The van der Waals surface area contributed by atoms with Crippen molar-refractivity contribution < 1.29 is 9.59 Å². The fourth-order valence-corrected chi connectivity index (χ4v) is 4.24. The van der Waals surface area contributed by atoms with E-state index in [0.717, 1.165) is 10.2 Å². The maximum atomic E-state index is 13.0. The molecule has 3 N–H and O–H groups in total. The van der Waals surface area contributed by atoms with Crippen LogP contribution in [0.3, 0.4) is 0 Å². The number of urea groups is 1. The van der Waals surface area contributed by atoms with Gasteiger partial charge in [0.1, 0.15) is 10.7 Å². The second-order valence-electron chi connectivity index (χ2n) is 7.22. The minimum Gasteiger partial charge on any atom is -0.321 e. The van der Waals surface area contributed by atoms with Gasteiger partial charge in [-0.05, 0) is 48.5 Å². The number of benzene rings is 3.